The van der Waals surface area contributed by atoms with E-state index in [2.05, 4.69) is 0 Å². The molecule has 0 aromatic rings. The van der Waals surface area contributed by atoms with Gasteiger partial charge in [0, 0.05) is 6.42 Å². The van der Waals surface area contributed by atoms with Crippen molar-refractivity contribution in [2.75, 3.05) is 12.4 Å². The van der Waals surface area contributed by atoms with Gasteiger partial charge in [-0.3, -0.25) is 4.79 Å². The van der Waals surface area contributed by atoms with Gasteiger partial charge in [-0.15, -0.1) is 11.8 Å². The zero-order valence-corrected chi connectivity index (χ0v) is 14.4. The summed E-state index contributed by atoms with van der Waals surface area (Å²) in [5, 5.41) is -0.493. The Kier molecular flexibility index (Phi) is 10.8. The molecule has 23 heavy (non-hydrogen) atoms. The van der Waals surface area contributed by atoms with Gasteiger partial charge in [-0.05, 0) is 25.0 Å². The van der Waals surface area contributed by atoms with Crippen molar-refractivity contribution < 1.29 is 31.5 Å². The van der Waals surface area contributed by atoms with Crippen molar-refractivity contribution in [2.24, 2.45) is 0 Å². The van der Waals surface area contributed by atoms with Crippen molar-refractivity contribution in [1.29, 1.82) is 0 Å². The second-order valence-corrected chi connectivity index (χ2v) is 6.64. The molecule has 0 aliphatic carbocycles. The van der Waals surface area contributed by atoms with Crippen LogP contribution in [-0.4, -0.2) is 35.7 Å². The first kappa shape index (κ1) is 22.5. The van der Waals surface area contributed by atoms with Crippen LogP contribution < -0.4 is 0 Å². The number of rotatable bonds is 12. The van der Waals surface area contributed by atoms with Crippen LogP contribution in [0.2, 0.25) is 0 Å². The number of hydrogen-bond donors (Lipinski definition) is 0. The number of thioether (sulfide) groups is 1. The molecule has 0 spiro atoms. The van der Waals surface area contributed by atoms with Gasteiger partial charge >= 0.3 is 18.1 Å². The van der Waals surface area contributed by atoms with Crippen LogP contribution in [-0.2, 0) is 9.53 Å². The molecular weight excluding hydrogens is 339 g/mol. The Hall–Kier alpha value is -0.530. The molecule has 0 rings (SSSR count). The normalized spacial score (nSPS) is 13.9. The molecule has 0 heterocycles. The minimum Gasteiger partial charge on any atom is -0.465 e. The second-order valence-electron chi connectivity index (χ2n) is 5.33. The summed E-state index contributed by atoms with van der Waals surface area (Å²) in [5.41, 5.74) is 0. The summed E-state index contributed by atoms with van der Waals surface area (Å²) in [5.74, 6) is -5.01. The van der Waals surface area contributed by atoms with Gasteiger partial charge < -0.3 is 4.74 Å². The molecule has 0 aliphatic rings. The van der Waals surface area contributed by atoms with Crippen molar-refractivity contribution in [1.82, 2.24) is 0 Å². The molecule has 0 saturated heterocycles. The van der Waals surface area contributed by atoms with Crippen molar-refractivity contribution in [3.8, 4) is 0 Å². The first-order chi connectivity index (χ1) is 10.7. The minimum absolute atomic E-state index is 0.0731. The Labute approximate surface area is 138 Å². The summed E-state index contributed by atoms with van der Waals surface area (Å²) in [7, 11) is 0. The smallest absolute Gasteiger partial charge is 0.453 e. The van der Waals surface area contributed by atoms with Crippen molar-refractivity contribution in [2.45, 2.75) is 76.1 Å². The number of hydrogen-bond acceptors (Lipinski definition) is 3. The standard InChI is InChI=1S/C15H25F5O2S/c1-3-5-6-8-12(13(21)22-10-4-2)23-11-7-9-14(16,17)15(18,19)20/h12H,3-11H2,1-2H3. The van der Waals surface area contributed by atoms with E-state index in [1.807, 2.05) is 13.8 Å². The molecule has 138 valence electrons. The van der Waals surface area contributed by atoms with Crippen LogP contribution in [0.4, 0.5) is 22.0 Å². The lowest BCUT2D eigenvalue weighted by molar-refractivity contribution is -0.284. The third kappa shape index (κ3) is 9.37. The van der Waals surface area contributed by atoms with Crippen molar-refractivity contribution >= 4 is 17.7 Å². The number of halogens is 5. The zero-order chi connectivity index (χ0) is 17.9. The van der Waals surface area contributed by atoms with Gasteiger partial charge in [-0.2, -0.15) is 22.0 Å². The Morgan fingerprint density at radius 3 is 2.22 bits per heavy atom. The quantitative estimate of drug-likeness (QED) is 0.256. The van der Waals surface area contributed by atoms with Crippen LogP contribution >= 0.6 is 11.8 Å². The van der Waals surface area contributed by atoms with E-state index in [4.69, 9.17) is 4.74 Å². The summed E-state index contributed by atoms with van der Waals surface area (Å²) < 4.78 is 66.8. The lowest BCUT2D eigenvalue weighted by Crippen LogP contribution is -2.36. The van der Waals surface area contributed by atoms with Gasteiger partial charge in [-0.1, -0.05) is 33.1 Å². The first-order valence-corrected chi connectivity index (χ1v) is 8.93. The number of alkyl halides is 5. The van der Waals surface area contributed by atoms with E-state index in [1.54, 1.807) is 0 Å². The Morgan fingerprint density at radius 1 is 1.04 bits per heavy atom. The topological polar surface area (TPSA) is 26.3 Å². The first-order valence-electron chi connectivity index (χ1n) is 7.88. The number of ether oxygens (including phenoxy) is 1. The SMILES string of the molecule is CCCCCC(SCCCC(F)(F)C(F)(F)F)C(=O)OCCC. The van der Waals surface area contributed by atoms with Crippen LogP contribution in [0.1, 0.15) is 58.8 Å². The molecule has 8 heteroatoms. The van der Waals surface area contributed by atoms with E-state index in [0.29, 0.717) is 12.8 Å². The van der Waals surface area contributed by atoms with Crippen molar-refractivity contribution in [3.05, 3.63) is 0 Å². The number of unbranched alkanes of at least 4 members (excludes halogenated alkanes) is 2. The highest BCUT2D eigenvalue weighted by Gasteiger charge is 2.56. The fourth-order valence-electron chi connectivity index (χ4n) is 1.81. The summed E-state index contributed by atoms with van der Waals surface area (Å²) >= 11 is 1.11. The van der Waals surface area contributed by atoms with E-state index >= 15 is 0 Å². The Balaban J connectivity index is 4.29. The number of carbonyl (C=O) groups excluding carboxylic acids is 1. The van der Waals surface area contributed by atoms with Crippen LogP contribution in [0, 0.1) is 0 Å². The lowest BCUT2D eigenvalue weighted by atomic mass is 10.1. The molecule has 0 aliphatic heterocycles. The molecular formula is C15H25F5O2S. The van der Waals surface area contributed by atoms with Gasteiger partial charge in [0.2, 0.25) is 0 Å². The summed E-state index contributed by atoms with van der Waals surface area (Å²) in [4.78, 5) is 11.9. The molecule has 0 amide bonds. The molecule has 0 saturated carbocycles. The largest absolute Gasteiger partial charge is 0.465 e. The van der Waals surface area contributed by atoms with E-state index in [-0.39, 0.29) is 18.8 Å². The van der Waals surface area contributed by atoms with Gasteiger partial charge in [0.25, 0.3) is 0 Å². The summed E-state index contributed by atoms with van der Waals surface area (Å²) in [6.07, 6.45) is -3.14. The maximum atomic E-state index is 12.8. The molecule has 0 aromatic carbocycles. The Bertz CT molecular complexity index is 334. The van der Waals surface area contributed by atoms with Crippen molar-refractivity contribution in [3.63, 3.8) is 0 Å². The number of esters is 1. The summed E-state index contributed by atoms with van der Waals surface area (Å²) in [6.45, 7) is 4.15. The average molecular weight is 364 g/mol. The highest BCUT2D eigenvalue weighted by Crippen LogP contribution is 2.39. The van der Waals surface area contributed by atoms with Crippen LogP contribution in [0.25, 0.3) is 0 Å². The maximum Gasteiger partial charge on any atom is 0.453 e. The zero-order valence-electron chi connectivity index (χ0n) is 13.6. The van der Waals surface area contributed by atoms with Gasteiger partial charge in [0.05, 0.1) is 6.61 Å². The van der Waals surface area contributed by atoms with Crippen LogP contribution in [0.5, 0.6) is 0 Å². The second kappa shape index (κ2) is 11.1. The highest BCUT2D eigenvalue weighted by molar-refractivity contribution is 8.00. The molecule has 0 bridgehead atoms. The summed E-state index contributed by atoms with van der Waals surface area (Å²) in [6, 6.07) is 0. The molecule has 0 fully saturated rings. The van der Waals surface area contributed by atoms with Gasteiger partial charge in [0.15, 0.2) is 0 Å². The fourth-order valence-corrected chi connectivity index (χ4v) is 2.94. The molecule has 0 N–H and O–H groups in total. The molecule has 0 aromatic heterocycles. The van der Waals surface area contributed by atoms with Gasteiger partial charge in [0.1, 0.15) is 5.25 Å². The van der Waals surface area contributed by atoms with Crippen LogP contribution in [0.3, 0.4) is 0 Å². The predicted molar refractivity (Wildman–Crippen MR) is 81.9 cm³/mol. The van der Waals surface area contributed by atoms with E-state index in [1.165, 1.54) is 0 Å². The monoisotopic (exact) mass is 364 g/mol. The highest BCUT2D eigenvalue weighted by atomic mass is 32.2. The maximum absolute atomic E-state index is 12.8. The molecule has 0 radical (unpaired) electrons. The van der Waals surface area contributed by atoms with Gasteiger partial charge in [-0.25, -0.2) is 0 Å². The van der Waals surface area contributed by atoms with Crippen LogP contribution in [0.15, 0.2) is 0 Å². The minimum atomic E-state index is -5.52. The van der Waals surface area contributed by atoms with E-state index < -0.39 is 29.7 Å². The molecule has 1 unspecified atom stereocenters. The van der Waals surface area contributed by atoms with E-state index in [0.717, 1.165) is 31.0 Å². The number of carbonyl (C=O) groups is 1. The molecule has 2 nitrogen and oxygen atoms in total. The third-order valence-corrected chi connectivity index (χ3v) is 4.50. The average Bonchev–Trinajstić information content (AvgIpc) is 2.46. The Morgan fingerprint density at radius 2 is 1.70 bits per heavy atom. The van der Waals surface area contributed by atoms with E-state index in [9.17, 15) is 26.7 Å². The third-order valence-electron chi connectivity index (χ3n) is 3.15. The fraction of sp³-hybridized carbons (Fsp3) is 0.933. The predicted octanol–water partition coefficient (Wildman–Crippen LogP) is 5.60. The molecule has 1 atom stereocenters. The lowest BCUT2D eigenvalue weighted by Gasteiger charge is -2.20.